The van der Waals surface area contributed by atoms with Crippen LogP contribution in [-0.4, -0.2) is 6.29 Å². The molecule has 2 nitrogen and oxygen atoms in total. The fourth-order valence-electron chi connectivity index (χ4n) is 1.80. The second-order valence-corrected chi connectivity index (χ2v) is 4.36. The van der Waals surface area contributed by atoms with Gasteiger partial charge in [-0.2, -0.15) is 0 Å². The van der Waals surface area contributed by atoms with Gasteiger partial charge in [0.2, 0.25) is 5.69 Å². The molecule has 1 aromatic carbocycles. The molecule has 0 amide bonds. The Labute approximate surface area is 107 Å². The number of carbonyl (C=O) groups is 1. The number of nitrogens with zero attached hydrogens (tertiary/aromatic N) is 1. The third-order valence-electron chi connectivity index (χ3n) is 2.84. The van der Waals surface area contributed by atoms with E-state index >= 15 is 0 Å². The van der Waals surface area contributed by atoms with Crippen LogP contribution in [0.15, 0.2) is 42.6 Å². The molecule has 0 atom stereocenters. The van der Waals surface area contributed by atoms with Gasteiger partial charge in [-0.1, -0.05) is 24.3 Å². The average Bonchev–Trinajstić information content (AvgIpc) is 2.38. The highest BCUT2D eigenvalue weighted by atomic mass is 16.1. The Balaban J connectivity index is 2.21. The standard InChI is InChI=1S/C16H16NO/c1-13-3-9-16(17(2)11-13)10-8-14-4-6-15(12-18)7-5-14/h3-12H,1-2H3/q+1/b10-8+. The number of rotatable bonds is 3. The summed E-state index contributed by atoms with van der Waals surface area (Å²) in [4.78, 5) is 10.6. The van der Waals surface area contributed by atoms with Crippen LogP contribution in [0.2, 0.25) is 0 Å². The van der Waals surface area contributed by atoms with Crippen molar-refractivity contribution in [1.82, 2.24) is 0 Å². The molecule has 2 aromatic rings. The van der Waals surface area contributed by atoms with E-state index in [0.29, 0.717) is 5.56 Å². The Morgan fingerprint density at radius 3 is 2.22 bits per heavy atom. The maximum atomic E-state index is 10.6. The largest absolute Gasteiger partial charge is 0.298 e. The molecule has 0 aliphatic heterocycles. The molecule has 0 aliphatic carbocycles. The Kier molecular flexibility index (Phi) is 3.68. The number of aldehydes is 1. The van der Waals surface area contributed by atoms with E-state index < -0.39 is 0 Å². The predicted molar refractivity (Wildman–Crippen MR) is 73.1 cm³/mol. The van der Waals surface area contributed by atoms with Crippen LogP contribution in [0, 0.1) is 6.92 Å². The fraction of sp³-hybridized carbons (Fsp3) is 0.125. The van der Waals surface area contributed by atoms with Crippen LogP contribution in [0.25, 0.3) is 12.2 Å². The first-order valence-corrected chi connectivity index (χ1v) is 5.88. The molecule has 1 heterocycles. The summed E-state index contributed by atoms with van der Waals surface area (Å²) in [5, 5.41) is 0. The first-order valence-electron chi connectivity index (χ1n) is 5.88. The summed E-state index contributed by atoms with van der Waals surface area (Å²) >= 11 is 0. The van der Waals surface area contributed by atoms with Crippen LogP contribution in [0.4, 0.5) is 0 Å². The summed E-state index contributed by atoms with van der Waals surface area (Å²) in [6.45, 7) is 2.08. The van der Waals surface area contributed by atoms with Crippen molar-refractivity contribution in [1.29, 1.82) is 0 Å². The molecule has 90 valence electrons. The maximum Gasteiger partial charge on any atom is 0.204 e. The van der Waals surface area contributed by atoms with Crippen LogP contribution >= 0.6 is 0 Å². The monoisotopic (exact) mass is 238 g/mol. The lowest BCUT2D eigenvalue weighted by molar-refractivity contribution is -0.673. The van der Waals surface area contributed by atoms with Crippen LogP contribution < -0.4 is 4.57 Å². The average molecular weight is 238 g/mol. The van der Waals surface area contributed by atoms with E-state index in [2.05, 4.69) is 35.9 Å². The first-order chi connectivity index (χ1) is 8.69. The van der Waals surface area contributed by atoms with Gasteiger partial charge in [0.1, 0.15) is 13.3 Å². The lowest BCUT2D eigenvalue weighted by Gasteiger charge is -1.96. The van der Waals surface area contributed by atoms with Crippen molar-refractivity contribution in [2.24, 2.45) is 7.05 Å². The molecule has 0 bridgehead atoms. The fourth-order valence-corrected chi connectivity index (χ4v) is 1.80. The highest BCUT2D eigenvalue weighted by Crippen LogP contribution is 2.07. The van der Waals surface area contributed by atoms with Crippen LogP contribution in [0.1, 0.15) is 27.2 Å². The van der Waals surface area contributed by atoms with Crippen molar-refractivity contribution in [2.45, 2.75) is 6.92 Å². The number of carbonyl (C=O) groups excluding carboxylic acids is 1. The van der Waals surface area contributed by atoms with Gasteiger partial charge >= 0.3 is 0 Å². The highest BCUT2D eigenvalue weighted by Gasteiger charge is 2.01. The van der Waals surface area contributed by atoms with Gasteiger partial charge in [0.25, 0.3) is 0 Å². The van der Waals surface area contributed by atoms with E-state index in [4.69, 9.17) is 0 Å². The molecule has 0 spiro atoms. The smallest absolute Gasteiger partial charge is 0.204 e. The van der Waals surface area contributed by atoms with Crippen molar-refractivity contribution in [3.05, 3.63) is 65.0 Å². The van der Waals surface area contributed by atoms with Gasteiger partial charge in [0.05, 0.1) is 0 Å². The molecule has 0 aliphatic rings. The van der Waals surface area contributed by atoms with Crippen LogP contribution in [-0.2, 0) is 7.05 Å². The zero-order valence-corrected chi connectivity index (χ0v) is 10.6. The lowest BCUT2D eigenvalue weighted by atomic mass is 10.1. The van der Waals surface area contributed by atoms with Gasteiger partial charge in [0, 0.05) is 23.3 Å². The summed E-state index contributed by atoms with van der Waals surface area (Å²) in [5.74, 6) is 0. The molecule has 0 unspecified atom stereocenters. The van der Waals surface area contributed by atoms with Crippen molar-refractivity contribution >= 4 is 18.4 Å². The van der Waals surface area contributed by atoms with Crippen molar-refractivity contribution < 1.29 is 9.36 Å². The molecule has 2 heteroatoms. The molecular formula is C16H16NO+. The van der Waals surface area contributed by atoms with E-state index in [9.17, 15) is 4.79 Å². The second kappa shape index (κ2) is 5.41. The van der Waals surface area contributed by atoms with Gasteiger partial charge in [-0.05, 0) is 24.6 Å². The van der Waals surface area contributed by atoms with Crippen molar-refractivity contribution in [3.63, 3.8) is 0 Å². The second-order valence-electron chi connectivity index (χ2n) is 4.36. The first kappa shape index (κ1) is 12.2. The molecule has 18 heavy (non-hydrogen) atoms. The quantitative estimate of drug-likeness (QED) is 0.595. The van der Waals surface area contributed by atoms with Gasteiger partial charge < -0.3 is 0 Å². The Morgan fingerprint density at radius 2 is 1.61 bits per heavy atom. The van der Waals surface area contributed by atoms with E-state index in [1.54, 1.807) is 0 Å². The van der Waals surface area contributed by atoms with Crippen LogP contribution in [0.5, 0.6) is 0 Å². The normalized spacial score (nSPS) is 10.8. The number of aromatic nitrogens is 1. The SMILES string of the molecule is Cc1ccc(/C=C/c2ccc(C=O)cc2)[n+](C)c1. The Bertz CT molecular complexity index is 583. The topological polar surface area (TPSA) is 20.9 Å². The minimum atomic E-state index is 0.702. The van der Waals surface area contributed by atoms with Gasteiger partial charge in [-0.15, -0.1) is 0 Å². The van der Waals surface area contributed by atoms with E-state index in [0.717, 1.165) is 17.5 Å². The predicted octanol–water partition coefficient (Wildman–Crippen LogP) is 2.80. The molecule has 2 rings (SSSR count). The summed E-state index contributed by atoms with van der Waals surface area (Å²) in [6, 6.07) is 11.7. The van der Waals surface area contributed by atoms with E-state index in [1.807, 2.05) is 37.4 Å². The zero-order valence-electron chi connectivity index (χ0n) is 10.6. The van der Waals surface area contributed by atoms with E-state index in [-0.39, 0.29) is 0 Å². The summed E-state index contributed by atoms with van der Waals surface area (Å²) in [7, 11) is 2.03. The van der Waals surface area contributed by atoms with Gasteiger partial charge in [0.15, 0.2) is 6.20 Å². The number of benzene rings is 1. The summed E-state index contributed by atoms with van der Waals surface area (Å²) < 4.78 is 2.09. The zero-order chi connectivity index (χ0) is 13.0. The van der Waals surface area contributed by atoms with Crippen molar-refractivity contribution in [3.8, 4) is 0 Å². The van der Waals surface area contributed by atoms with Gasteiger partial charge in [-0.3, -0.25) is 4.79 Å². The third-order valence-corrected chi connectivity index (χ3v) is 2.84. The number of hydrogen-bond acceptors (Lipinski definition) is 1. The van der Waals surface area contributed by atoms with Crippen LogP contribution in [0.3, 0.4) is 0 Å². The lowest BCUT2D eigenvalue weighted by Crippen LogP contribution is -2.31. The summed E-state index contributed by atoms with van der Waals surface area (Å²) in [5.41, 5.74) is 4.17. The number of hydrogen-bond donors (Lipinski definition) is 0. The number of aryl methyl sites for hydroxylation is 2. The Morgan fingerprint density at radius 1 is 0.944 bits per heavy atom. The maximum absolute atomic E-state index is 10.6. The minimum Gasteiger partial charge on any atom is -0.298 e. The molecule has 0 N–H and O–H groups in total. The third kappa shape index (κ3) is 2.92. The number of pyridine rings is 1. The highest BCUT2D eigenvalue weighted by molar-refractivity contribution is 5.76. The van der Waals surface area contributed by atoms with Gasteiger partial charge in [-0.25, -0.2) is 4.57 Å². The molecule has 0 fully saturated rings. The van der Waals surface area contributed by atoms with Crippen molar-refractivity contribution in [2.75, 3.05) is 0 Å². The Hall–Kier alpha value is -2.22. The molecular weight excluding hydrogens is 222 g/mol. The van der Waals surface area contributed by atoms with E-state index in [1.165, 1.54) is 5.56 Å². The molecule has 0 radical (unpaired) electrons. The molecule has 0 saturated carbocycles. The summed E-state index contributed by atoms with van der Waals surface area (Å²) in [6.07, 6.45) is 7.05. The minimum absolute atomic E-state index is 0.702. The molecule has 0 saturated heterocycles. The molecule has 1 aromatic heterocycles.